The number of hydrogen-bond acceptors (Lipinski definition) is 3. The zero-order chi connectivity index (χ0) is 22.7. The lowest BCUT2D eigenvalue weighted by molar-refractivity contribution is 0.0697. The van der Waals surface area contributed by atoms with E-state index >= 15 is 0 Å². The van der Waals surface area contributed by atoms with Gasteiger partial charge in [-0.25, -0.2) is 9.18 Å². The van der Waals surface area contributed by atoms with Crippen molar-refractivity contribution in [2.24, 2.45) is 0 Å². The minimum Gasteiger partial charge on any atom is -0.478 e. The highest BCUT2D eigenvalue weighted by Crippen LogP contribution is 2.31. The zero-order valence-corrected chi connectivity index (χ0v) is 17.6. The standard InChI is InChI=1S/C26H23FN2O3/c1-17-6-2-3-7-20(17)18-12-14-29(15-13-18)24-11-10-19(16-22(24)26(31)32)28-25(30)21-8-4-5-9-23(21)27/h2-12,16H,13-15H2,1H3,(H,28,30)(H,31,32). The highest BCUT2D eigenvalue weighted by Gasteiger charge is 2.21. The number of amides is 1. The molecule has 0 saturated carbocycles. The smallest absolute Gasteiger partial charge is 0.337 e. The predicted octanol–water partition coefficient (Wildman–Crippen LogP) is 5.38. The van der Waals surface area contributed by atoms with E-state index in [1.165, 1.54) is 41.0 Å². The van der Waals surface area contributed by atoms with Gasteiger partial charge in [-0.15, -0.1) is 0 Å². The third-order valence-corrected chi connectivity index (χ3v) is 5.64. The molecule has 1 aliphatic heterocycles. The lowest BCUT2D eigenvalue weighted by atomic mass is 9.95. The SMILES string of the molecule is Cc1ccccc1C1=CCN(c2ccc(NC(=O)c3ccccc3F)cc2C(=O)O)CC1. The molecule has 6 heteroatoms. The van der Waals surface area contributed by atoms with Crippen molar-refractivity contribution in [1.82, 2.24) is 0 Å². The number of hydrogen-bond donors (Lipinski definition) is 2. The fourth-order valence-corrected chi connectivity index (χ4v) is 3.97. The van der Waals surface area contributed by atoms with Gasteiger partial charge in [-0.2, -0.15) is 0 Å². The molecule has 0 fully saturated rings. The van der Waals surface area contributed by atoms with Crippen molar-refractivity contribution in [2.45, 2.75) is 13.3 Å². The van der Waals surface area contributed by atoms with Gasteiger partial charge >= 0.3 is 5.97 Å². The summed E-state index contributed by atoms with van der Waals surface area (Å²) in [6.45, 7) is 3.35. The van der Waals surface area contributed by atoms with Gasteiger partial charge in [0.25, 0.3) is 5.91 Å². The van der Waals surface area contributed by atoms with E-state index < -0.39 is 17.7 Å². The normalized spacial score (nSPS) is 13.4. The van der Waals surface area contributed by atoms with Crippen molar-refractivity contribution in [3.8, 4) is 0 Å². The number of nitrogens with one attached hydrogen (secondary N) is 1. The van der Waals surface area contributed by atoms with Crippen LogP contribution in [0.15, 0.2) is 72.8 Å². The van der Waals surface area contributed by atoms with Crippen LogP contribution in [-0.2, 0) is 0 Å². The Labute approximate surface area is 185 Å². The molecule has 0 saturated heterocycles. The number of aryl methyl sites for hydroxylation is 1. The van der Waals surface area contributed by atoms with E-state index in [2.05, 4.69) is 30.4 Å². The van der Waals surface area contributed by atoms with Gasteiger partial charge in [-0.05, 0) is 60.4 Å². The molecule has 162 valence electrons. The maximum atomic E-state index is 13.9. The molecular weight excluding hydrogens is 407 g/mol. The van der Waals surface area contributed by atoms with Crippen LogP contribution in [0.3, 0.4) is 0 Å². The number of rotatable bonds is 5. The van der Waals surface area contributed by atoms with Crippen LogP contribution in [0, 0.1) is 12.7 Å². The van der Waals surface area contributed by atoms with E-state index in [1.807, 2.05) is 17.0 Å². The summed E-state index contributed by atoms with van der Waals surface area (Å²) < 4.78 is 13.9. The number of nitrogens with zero attached hydrogens (tertiary/aromatic N) is 1. The molecule has 2 N–H and O–H groups in total. The van der Waals surface area contributed by atoms with Gasteiger partial charge in [0.2, 0.25) is 0 Å². The minimum absolute atomic E-state index is 0.0871. The lowest BCUT2D eigenvalue weighted by Crippen LogP contribution is -2.30. The third kappa shape index (κ3) is 4.39. The van der Waals surface area contributed by atoms with Crippen molar-refractivity contribution in [3.63, 3.8) is 0 Å². The molecule has 0 spiro atoms. The zero-order valence-electron chi connectivity index (χ0n) is 17.6. The van der Waals surface area contributed by atoms with Gasteiger partial charge in [-0.3, -0.25) is 4.79 Å². The molecule has 32 heavy (non-hydrogen) atoms. The van der Waals surface area contributed by atoms with Gasteiger partial charge in [0.15, 0.2) is 0 Å². The van der Waals surface area contributed by atoms with E-state index in [1.54, 1.807) is 18.2 Å². The number of carbonyl (C=O) groups is 2. The largest absolute Gasteiger partial charge is 0.478 e. The summed E-state index contributed by atoms with van der Waals surface area (Å²) in [6, 6.07) is 18.6. The van der Waals surface area contributed by atoms with Crippen molar-refractivity contribution >= 4 is 28.8 Å². The Kier molecular flexibility index (Phi) is 6.03. The highest BCUT2D eigenvalue weighted by atomic mass is 19.1. The predicted molar refractivity (Wildman–Crippen MR) is 124 cm³/mol. The van der Waals surface area contributed by atoms with E-state index in [4.69, 9.17) is 0 Å². The van der Waals surface area contributed by atoms with E-state index in [0.717, 1.165) is 6.42 Å². The van der Waals surface area contributed by atoms with Gasteiger partial charge in [-0.1, -0.05) is 42.5 Å². The van der Waals surface area contributed by atoms with Crippen molar-refractivity contribution in [3.05, 3.63) is 101 Å². The average Bonchev–Trinajstić information content (AvgIpc) is 2.80. The van der Waals surface area contributed by atoms with Crippen LogP contribution in [0.2, 0.25) is 0 Å². The molecule has 4 rings (SSSR count). The number of carboxylic acids is 1. The lowest BCUT2D eigenvalue weighted by Gasteiger charge is -2.30. The number of carboxylic acid groups (broad SMARTS) is 1. The Hall–Kier alpha value is -3.93. The van der Waals surface area contributed by atoms with Crippen LogP contribution >= 0.6 is 0 Å². The number of benzene rings is 3. The van der Waals surface area contributed by atoms with E-state index in [0.29, 0.717) is 24.5 Å². The van der Waals surface area contributed by atoms with Gasteiger partial charge in [0, 0.05) is 18.8 Å². The van der Waals surface area contributed by atoms with Crippen molar-refractivity contribution < 1.29 is 19.1 Å². The van der Waals surface area contributed by atoms with Crippen LogP contribution in [-0.4, -0.2) is 30.1 Å². The third-order valence-electron chi connectivity index (χ3n) is 5.64. The maximum Gasteiger partial charge on any atom is 0.337 e. The summed E-state index contributed by atoms with van der Waals surface area (Å²) in [7, 11) is 0. The Morgan fingerprint density at radius 1 is 1.00 bits per heavy atom. The van der Waals surface area contributed by atoms with Crippen molar-refractivity contribution in [2.75, 3.05) is 23.3 Å². The Bertz CT molecular complexity index is 1220. The first kappa shape index (κ1) is 21.3. The molecule has 3 aromatic rings. The van der Waals surface area contributed by atoms with Crippen LogP contribution in [0.5, 0.6) is 0 Å². The summed E-state index contributed by atoms with van der Waals surface area (Å²) in [5.41, 5.74) is 4.56. The molecule has 0 radical (unpaired) electrons. The Morgan fingerprint density at radius 3 is 2.44 bits per heavy atom. The number of halogens is 1. The van der Waals surface area contributed by atoms with Gasteiger partial charge in [0.05, 0.1) is 16.8 Å². The quantitative estimate of drug-likeness (QED) is 0.570. The second-order valence-corrected chi connectivity index (χ2v) is 7.71. The average molecular weight is 430 g/mol. The van der Waals surface area contributed by atoms with Crippen LogP contribution in [0.4, 0.5) is 15.8 Å². The molecule has 1 amide bonds. The van der Waals surface area contributed by atoms with Gasteiger partial charge in [0.1, 0.15) is 5.82 Å². The minimum atomic E-state index is -1.09. The maximum absolute atomic E-state index is 13.9. The van der Waals surface area contributed by atoms with Crippen LogP contribution < -0.4 is 10.2 Å². The highest BCUT2D eigenvalue weighted by molar-refractivity contribution is 6.05. The van der Waals surface area contributed by atoms with E-state index in [9.17, 15) is 19.1 Å². The Balaban J connectivity index is 1.55. The molecule has 1 aliphatic rings. The first-order chi connectivity index (χ1) is 15.4. The number of anilines is 2. The molecular formula is C26H23FN2O3. The molecule has 0 aromatic heterocycles. The molecule has 5 nitrogen and oxygen atoms in total. The fourth-order valence-electron chi connectivity index (χ4n) is 3.97. The molecule has 3 aromatic carbocycles. The van der Waals surface area contributed by atoms with Crippen LogP contribution in [0.25, 0.3) is 5.57 Å². The molecule has 1 heterocycles. The summed E-state index contributed by atoms with van der Waals surface area (Å²) in [6.07, 6.45) is 2.93. The Morgan fingerprint density at radius 2 is 1.75 bits per heavy atom. The topological polar surface area (TPSA) is 69.6 Å². The number of aromatic carboxylic acids is 1. The number of carbonyl (C=O) groups excluding carboxylic acids is 1. The first-order valence-electron chi connectivity index (χ1n) is 10.4. The van der Waals surface area contributed by atoms with Crippen LogP contribution in [0.1, 0.15) is 38.3 Å². The van der Waals surface area contributed by atoms with Crippen molar-refractivity contribution in [1.29, 1.82) is 0 Å². The summed E-state index contributed by atoms with van der Waals surface area (Å²) >= 11 is 0. The molecule has 0 atom stereocenters. The summed E-state index contributed by atoms with van der Waals surface area (Å²) in [5, 5.41) is 12.4. The second kappa shape index (κ2) is 9.06. The monoisotopic (exact) mass is 430 g/mol. The molecule has 0 unspecified atom stereocenters. The molecule has 0 aliphatic carbocycles. The fraction of sp³-hybridized carbons (Fsp3) is 0.154. The second-order valence-electron chi connectivity index (χ2n) is 7.71. The first-order valence-corrected chi connectivity index (χ1v) is 10.4. The summed E-state index contributed by atoms with van der Waals surface area (Å²) in [4.78, 5) is 26.3. The van der Waals surface area contributed by atoms with E-state index in [-0.39, 0.29) is 11.1 Å². The summed E-state index contributed by atoms with van der Waals surface area (Å²) in [5.74, 6) is -2.35. The molecule has 0 bridgehead atoms. The van der Waals surface area contributed by atoms with Gasteiger partial charge < -0.3 is 15.3 Å².